The van der Waals surface area contributed by atoms with Crippen LogP contribution in [-0.2, 0) is 0 Å². The summed E-state index contributed by atoms with van der Waals surface area (Å²) in [5.41, 5.74) is 6.65. The van der Waals surface area contributed by atoms with E-state index in [1.165, 1.54) is 51.5 Å². The summed E-state index contributed by atoms with van der Waals surface area (Å²) in [5, 5.41) is 0. The monoisotopic (exact) mass is 280 g/mol. The van der Waals surface area contributed by atoms with Crippen LogP contribution in [-0.4, -0.2) is 29.6 Å². The zero-order chi connectivity index (χ0) is 14.8. The highest BCUT2D eigenvalue weighted by molar-refractivity contribution is 5.02. The van der Waals surface area contributed by atoms with Gasteiger partial charge in [-0.25, -0.2) is 0 Å². The van der Waals surface area contributed by atoms with Crippen molar-refractivity contribution in [1.29, 1.82) is 0 Å². The van der Waals surface area contributed by atoms with E-state index < -0.39 is 0 Å². The Morgan fingerprint density at radius 1 is 1.10 bits per heavy atom. The third-order valence-electron chi connectivity index (χ3n) is 5.27. The average molecular weight is 281 g/mol. The molecule has 0 saturated heterocycles. The normalized spacial score (nSPS) is 31.5. The molecule has 2 aliphatic carbocycles. The maximum absolute atomic E-state index is 6.33. The van der Waals surface area contributed by atoms with Gasteiger partial charge >= 0.3 is 0 Å². The molecule has 0 bridgehead atoms. The third kappa shape index (κ3) is 3.98. The Morgan fingerprint density at radius 3 is 2.30 bits per heavy atom. The Labute approximate surface area is 126 Å². The molecule has 0 heterocycles. The van der Waals surface area contributed by atoms with Crippen molar-refractivity contribution >= 4 is 0 Å². The Hall–Kier alpha value is -0.0800. The van der Waals surface area contributed by atoms with Crippen LogP contribution in [0.25, 0.3) is 0 Å². The molecule has 2 fully saturated rings. The molecule has 2 atom stereocenters. The summed E-state index contributed by atoms with van der Waals surface area (Å²) in [7, 11) is 0. The maximum atomic E-state index is 6.33. The van der Waals surface area contributed by atoms with Crippen LogP contribution < -0.4 is 5.73 Å². The van der Waals surface area contributed by atoms with Crippen LogP contribution in [0.3, 0.4) is 0 Å². The molecule has 0 spiro atoms. The van der Waals surface area contributed by atoms with Gasteiger partial charge in [0.1, 0.15) is 0 Å². The van der Waals surface area contributed by atoms with Crippen molar-refractivity contribution in [2.24, 2.45) is 23.5 Å². The first-order chi connectivity index (χ1) is 9.47. The molecule has 2 nitrogen and oxygen atoms in total. The minimum atomic E-state index is 0.323. The van der Waals surface area contributed by atoms with Crippen molar-refractivity contribution < 1.29 is 0 Å². The molecule has 2 aliphatic rings. The molecule has 0 amide bonds. The van der Waals surface area contributed by atoms with Crippen LogP contribution in [0, 0.1) is 17.8 Å². The van der Waals surface area contributed by atoms with Crippen LogP contribution in [0.2, 0.25) is 0 Å². The topological polar surface area (TPSA) is 29.3 Å². The van der Waals surface area contributed by atoms with Gasteiger partial charge in [-0.05, 0) is 49.9 Å². The highest BCUT2D eigenvalue weighted by atomic mass is 15.3. The van der Waals surface area contributed by atoms with Crippen LogP contribution in [0.5, 0.6) is 0 Å². The SMILES string of the molecule is CC(C)CC1CCCC(CN)(N(CC(C)C)C2CC2)C1. The van der Waals surface area contributed by atoms with Gasteiger partial charge in [0.15, 0.2) is 0 Å². The highest BCUT2D eigenvalue weighted by Crippen LogP contribution is 2.44. The molecule has 0 radical (unpaired) electrons. The summed E-state index contributed by atoms with van der Waals surface area (Å²) < 4.78 is 0. The summed E-state index contributed by atoms with van der Waals surface area (Å²) in [6.07, 6.45) is 9.71. The lowest BCUT2D eigenvalue weighted by Crippen LogP contribution is -2.58. The maximum Gasteiger partial charge on any atom is 0.0337 e. The van der Waals surface area contributed by atoms with Gasteiger partial charge in [0, 0.05) is 24.7 Å². The van der Waals surface area contributed by atoms with Crippen molar-refractivity contribution in [3.8, 4) is 0 Å². The van der Waals surface area contributed by atoms with Gasteiger partial charge in [-0.3, -0.25) is 4.90 Å². The van der Waals surface area contributed by atoms with Crippen molar-refractivity contribution in [3.63, 3.8) is 0 Å². The number of hydrogen-bond donors (Lipinski definition) is 1. The second kappa shape index (κ2) is 6.79. The molecule has 2 saturated carbocycles. The summed E-state index contributed by atoms with van der Waals surface area (Å²) >= 11 is 0. The van der Waals surface area contributed by atoms with E-state index in [1.54, 1.807) is 0 Å². The van der Waals surface area contributed by atoms with Crippen LogP contribution in [0.1, 0.15) is 72.6 Å². The molecular formula is C18H36N2. The second-order valence-corrected chi connectivity index (χ2v) is 8.30. The standard InChI is InChI=1S/C18H36N2/c1-14(2)10-16-6-5-9-18(11-16,13-19)20(12-15(3)4)17-7-8-17/h14-17H,5-13,19H2,1-4H3. The van der Waals surface area contributed by atoms with Crippen molar-refractivity contribution in [2.75, 3.05) is 13.1 Å². The smallest absolute Gasteiger partial charge is 0.0337 e. The van der Waals surface area contributed by atoms with E-state index in [-0.39, 0.29) is 0 Å². The predicted molar refractivity (Wildman–Crippen MR) is 87.8 cm³/mol. The Bertz CT molecular complexity index is 296. The van der Waals surface area contributed by atoms with Crippen molar-refractivity contribution in [2.45, 2.75) is 84.2 Å². The van der Waals surface area contributed by atoms with E-state index in [0.717, 1.165) is 30.3 Å². The number of hydrogen-bond acceptors (Lipinski definition) is 2. The second-order valence-electron chi connectivity index (χ2n) is 8.30. The fraction of sp³-hybridized carbons (Fsp3) is 1.00. The molecular weight excluding hydrogens is 244 g/mol. The minimum absolute atomic E-state index is 0.323. The first kappa shape index (κ1) is 16.3. The van der Waals surface area contributed by atoms with Crippen molar-refractivity contribution in [3.05, 3.63) is 0 Å². The summed E-state index contributed by atoms with van der Waals surface area (Å²) in [6.45, 7) is 11.6. The minimum Gasteiger partial charge on any atom is -0.329 e. The van der Waals surface area contributed by atoms with E-state index >= 15 is 0 Å². The van der Waals surface area contributed by atoms with E-state index in [0.29, 0.717) is 5.54 Å². The first-order valence-corrected chi connectivity index (χ1v) is 8.93. The van der Waals surface area contributed by atoms with E-state index in [4.69, 9.17) is 5.73 Å². The number of rotatable bonds is 7. The van der Waals surface area contributed by atoms with E-state index in [1.807, 2.05) is 0 Å². The zero-order valence-corrected chi connectivity index (χ0v) is 14.2. The molecule has 2 N–H and O–H groups in total. The quantitative estimate of drug-likeness (QED) is 0.762. The van der Waals surface area contributed by atoms with Crippen molar-refractivity contribution in [1.82, 2.24) is 4.90 Å². The summed E-state index contributed by atoms with van der Waals surface area (Å²) in [6, 6.07) is 0.846. The fourth-order valence-electron chi connectivity index (χ4n) is 4.40. The lowest BCUT2D eigenvalue weighted by molar-refractivity contribution is 0.0161. The Balaban J connectivity index is 2.09. The van der Waals surface area contributed by atoms with Crippen LogP contribution in [0.4, 0.5) is 0 Å². The largest absolute Gasteiger partial charge is 0.329 e. The van der Waals surface area contributed by atoms with Gasteiger partial charge in [-0.1, -0.05) is 40.5 Å². The molecule has 2 unspecified atom stereocenters. The average Bonchev–Trinajstić information content (AvgIpc) is 3.19. The molecule has 0 aromatic rings. The lowest BCUT2D eigenvalue weighted by Gasteiger charge is -2.49. The molecule has 20 heavy (non-hydrogen) atoms. The van der Waals surface area contributed by atoms with E-state index in [9.17, 15) is 0 Å². The Kier molecular flexibility index (Phi) is 5.53. The molecule has 0 aromatic heterocycles. The fourth-order valence-corrected chi connectivity index (χ4v) is 4.40. The predicted octanol–water partition coefficient (Wildman–Crippen LogP) is 4.04. The molecule has 118 valence electrons. The molecule has 0 aliphatic heterocycles. The molecule has 2 rings (SSSR count). The molecule has 0 aromatic carbocycles. The van der Waals surface area contributed by atoms with Gasteiger partial charge in [-0.15, -0.1) is 0 Å². The van der Waals surface area contributed by atoms with Crippen LogP contribution in [0.15, 0.2) is 0 Å². The molecule has 2 heteroatoms. The zero-order valence-electron chi connectivity index (χ0n) is 14.2. The third-order valence-corrected chi connectivity index (χ3v) is 5.27. The van der Waals surface area contributed by atoms with E-state index in [2.05, 4.69) is 32.6 Å². The lowest BCUT2D eigenvalue weighted by atomic mass is 9.72. The van der Waals surface area contributed by atoms with Gasteiger partial charge < -0.3 is 5.73 Å². The van der Waals surface area contributed by atoms with Gasteiger partial charge in [0.2, 0.25) is 0 Å². The van der Waals surface area contributed by atoms with Gasteiger partial charge in [-0.2, -0.15) is 0 Å². The Morgan fingerprint density at radius 2 is 1.80 bits per heavy atom. The van der Waals surface area contributed by atoms with Gasteiger partial charge in [0.25, 0.3) is 0 Å². The number of nitrogens with two attached hydrogens (primary N) is 1. The van der Waals surface area contributed by atoms with Gasteiger partial charge in [0.05, 0.1) is 0 Å². The first-order valence-electron chi connectivity index (χ1n) is 8.93. The number of nitrogens with zero attached hydrogens (tertiary/aromatic N) is 1. The summed E-state index contributed by atoms with van der Waals surface area (Å²) in [5.74, 6) is 2.48. The van der Waals surface area contributed by atoms with Crippen LogP contribution >= 0.6 is 0 Å². The highest BCUT2D eigenvalue weighted by Gasteiger charge is 2.45. The summed E-state index contributed by atoms with van der Waals surface area (Å²) in [4.78, 5) is 2.84.